The molecule has 1 saturated heterocycles. The maximum atomic E-state index is 12.8. The van der Waals surface area contributed by atoms with Gasteiger partial charge in [0.05, 0.1) is 0 Å². The SMILES string of the molecule is NC1CCC2CN(C(=O)C3CC3c3ccc4c(c3)OCCO4)CC12. The van der Waals surface area contributed by atoms with Gasteiger partial charge in [-0.25, -0.2) is 0 Å². The second kappa shape index (κ2) is 5.38. The van der Waals surface area contributed by atoms with Gasteiger partial charge in [0.25, 0.3) is 0 Å². The first-order chi connectivity index (χ1) is 11.7. The number of carbonyl (C=O) groups is 1. The Morgan fingerprint density at radius 3 is 2.79 bits per heavy atom. The fourth-order valence-electron chi connectivity index (χ4n) is 4.85. The summed E-state index contributed by atoms with van der Waals surface area (Å²) in [6, 6.07) is 6.41. The van der Waals surface area contributed by atoms with Gasteiger partial charge in [-0.3, -0.25) is 4.79 Å². The van der Waals surface area contributed by atoms with Gasteiger partial charge in [0.2, 0.25) is 5.91 Å². The molecule has 3 fully saturated rings. The molecular weight excluding hydrogens is 304 g/mol. The van der Waals surface area contributed by atoms with Crippen molar-refractivity contribution in [2.75, 3.05) is 26.3 Å². The number of benzene rings is 1. The van der Waals surface area contributed by atoms with Crippen LogP contribution >= 0.6 is 0 Å². The van der Waals surface area contributed by atoms with E-state index in [0.717, 1.165) is 37.4 Å². The molecule has 24 heavy (non-hydrogen) atoms. The fourth-order valence-corrected chi connectivity index (χ4v) is 4.85. The standard InChI is InChI=1S/C19H24N2O3/c20-16-3-1-12-9-21(10-15(12)16)19(22)14-8-13(14)11-2-4-17-18(7-11)24-6-5-23-17/h2,4,7,12-16H,1,3,5-6,8-10,20H2. The Hall–Kier alpha value is -1.75. The summed E-state index contributed by atoms with van der Waals surface area (Å²) in [5.74, 6) is 3.60. The molecule has 0 bridgehead atoms. The van der Waals surface area contributed by atoms with E-state index in [1.165, 1.54) is 12.0 Å². The van der Waals surface area contributed by atoms with E-state index in [1.807, 2.05) is 6.07 Å². The summed E-state index contributed by atoms with van der Waals surface area (Å²) < 4.78 is 11.2. The van der Waals surface area contributed by atoms with Crippen molar-refractivity contribution < 1.29 is 14.3 Å². The predicted molar refractivity (Wildman–Crippen MR) is 89.0 cm³/mol. The summed E-state index contributed by atoms with van der Waals surface area (Å²) in [6.45, 7) is 2.99. The molecule has 5 rings (SSSR count). The minimum Gasteiger partial charge on any atom is -0.486 e. The van der Waals surface area contributed by atoms with E-state index in [9.17, 15) is 4.79 Å². The third-order valence-electron chi connectivity index (χ3n) is 6.33. The van der Waals surface area contributed by atoms with Crippen LogP contribution in [0.1, 0.15) is 30.7 Å². The van der Waals surface area contributed by atoms with Gasteiger partial charge in [0, 0.05) is 25.0 Å². The van der Waals surface area contributed by atoms with E-state index < -0.39 is 0 Å². The van der Waals surface area contributed by atoms with Gasteiger partial charge in [0.1, 0.15) is 13.2 Å². The molecule has 128 valence electrons. The van der Waals surface area contributed by atoms with Gasteiger partial charge < -0.3 is 20.1 Å². The number of likely N-dealkylation sites (tertiary alicyclic amines) is 1. The van der Waals surface area contributed by atoms with Gasteiger partial charge >= 0.3 is 0 Å². The van der Waals surface area contributed by atoms with Crippen molar-refractivity contribution in [3.05, 3.63) is 23.8 Å². The fraction of sp³-hybridized carbons (Fsp3) is 0.632. The predicted octanol–water partition coefficient (Wildman–Crippen LogP) is 1.76. The van der Waals surface area contributed by atoms with Crippen LogP contribution < -0.4 is 15.2 Å². The zero-order valence-electron chi connectivity index (χ0n) is 13.8. The van der Waals surface area contributed by atoms with Crippen LogP contribution in [0, 0.1) is 17.8 Å². The van der Waals surface area contributed by atoms with Crippen LogP contribution in [-0.4, -0.2) is 43.2 Å². The molecule has 5 unspecified atom stereocenters. The van der Waals surface area contributed by atoms with Crippen molar-refractivity contribution in [1.82, 2.24) is 4.90 Å². The normalized spacial score (nSPS) is 36.5. The van der Waals surface area contributed by atoms with Crippen LogP contribution in [0.25, 0.3) is 0 Å². The summed E-state index contributed by atoms with van der Waals surface area (Å²) in [5, 5.41) is 0. The Morgan fingerprint density at radius 2 is 1.96 bits per heavy atom. The molecule has 0 radical (unpaired) electrons. The highest BCUT2D eigenvalue weighted by molar-refractivity contribution is 5.83. The molecule has 2 aliphatic heterocycles. The monoisotopic (exact) mass is 328 g/mol. The Labute approximate surface area is 142 Å². The first-order valence-electron chi connectivity index (χ1n) is 9.14. The molecule has 5 nitrogen and oxygen atoms in total. The van der Waals surface area contributed by atoms with Crippen LogP contribution in [0.15, 0.2) is 18.2 Å². The van der Waals surface area contributed by atoms with Crippen molar-refractivity contribution in [1.29, 1.82) is 0 Å². The molecule has 0 aromatic heterocycles. The van der Waals surface area contributed by atoms with E-state index in [4.69, 9.17) is 15.2 Å². The van der Waals surface area contributed by atoms with E-state index >= 15 is 0 Å². The lowest BCUT2D eigenvalue weighted by Gasteiger charge is -2.20. The van der Waals surface area contributed by atoms with E-state index in [2.05, 4.69) is 17.0 Å². The molecule has 2 saturated carbocycles. The quantitative estimate of drug-likeness (QED) is 0.898. The molecule has 2 N–H and O–H groups in total. The van der Waals surface area contributed by atoms with E-state index in [-0.39, 0.29) is 5.92 Å². The van der Waals surface area contributed by atoms with Gasteiger partial charge in [-0.15, -0.1) is 0 Å². The number of nitrogens with two attached hydrogens (primary N) is 1. The van der Waals surface area contributed by atoms with Crippen LogP contribution in [0.2, 0.25) is 0 Å². The molecule has 5 heteroatoms. The molecule has 1 amide bonds. The van der Waals surface area contributed by atoms with Gasteiger partial charge in [0.15, 0.2) is 11.5 Å². The highest BCUT2D eigenvalue weighted by Crippen LogP contribution is 2.51. The van der Waals surface area contributed by atoms with Crippen LogP contribution in [0.3, 0.4) is 0 Å². The number of amides is 1. The van der Waals surface area contributed by atoms with E-state index in [0.29, 0.717) is 42.9 Å². The average Bonchev–Trinajstić information content (AvgIpc) is 3.18. The topological polar surface area (TPSA) is 64.8 Å². The third kappa shape index (κ3) is 2.29. The number of hydrogen-bond donors (Lipinski definition) is 1. The number of rotatable bonds is 2. The molecule has 1 aromatic carbocycles. The van der Waals surface area contributed by atoms with Crippen molar-refractivity contribution in [3.8, 4) is 11.5 Å². The minimum atomic E-state index is 0.141. The largest absolute Gasteiger partial charge is 0.486 e. The van der Waals surface area contributed by atoms with Crippen molar-refractivity contribution >= 4 is 5.91 Å². The summed E-state index contributed by atoms with van der Waals surface area (Å²) >= 11 is 0. The van der Waals surface area contributed by atoms with Gasteiger partial charge in [-0.05, 0) is 54.7 Å². The number of fused-ring (bicyclic) bond motifs is 2. The van der Waals surface area contributed by atoms with Gasteiger partial charge in [-0.2, -0.15) is 0 Å². The Kier molecular flexibility index (Phi) is 3.27. The average molecular weight is 328 g/mol. The Bertz CT molecular complexity index is 677. The molecule has 2 aliphatic carbocycles. The van der Waals surface area contributed by atoms with Crippen LogP contribution in [0.4, 0.5) is 0 Å². The lowest BCUT2D eigenvalue weighted by molar-refractivity contribution is -0.131. The second-order valence-corrected chi connectivity index (χ2v) is 7.76. The lowest BCUT2D eigenvalue weighted by Crippen LogP contribution is -2.34. The van der Waals surface area contributed by atoms with Crippen LogP contribution in [0.5, 0.6) is 11.5 Å². The first-order valence-corrected chi connectivity index (χ1v) is 9.14. The first kappa shape index (κ1) is 14.6. The molecule has 4 aliphatic rings. The molecule has 0 spiro atoms. The number of ether oxygens (including phenoxy) is 2. The third-order valence-corrected chi connectivity index (χ3v) is 6.33. The molecule has 1 aromatic rings. The Balaban J connectivity index is 1.26. The number of carbonyl (C=O) groups excluding carboxylic acids is 1. The molecule has 5 atom stereocenters. The second-order valence-electron chi connectivity index (χ2n) is 7.76. The van der Waals surface area contributed by atoms with E-state index in [1.54, 1.807) is 0 Å². The van der Waals surface area contributed by atoms with Crippen LogP contribution in [-0.2, 0) is 4.79 Å². The van der Waals surface area contributed by atoms with Crippen molar-refractivity contribution in [3.63, 3.8) is 0 Å². The molecular formula is C19H24N2O3. The highest BCUT2D eigenvalue weighted by Gasteiger charge is 2.50. The smallest absolute Gasteiger partial charge is 0.226 e. The van der Waals surface area contributed by atoms with Crippen molar-refractivity contribution in [2.24, 2.45) is 23.5 Å². The highest BCUT2D eigenvalue weighted by atomic mass is 16.6. The summed E-state index contributed by atoms with van der Waals surface area (Å²) in [4.78, 5) is 14.9. The van der Waals surface area contributed by atoms with Crippen molar-refractivity contribution in [2.45, 2.75) is 31.2 Å². The maximum absolute atomic E-state index is 12.8. The van der Waals surface area contributed by atoms with Gasteiger partial charge in [-0.1, -0.05) is 6.07 Å². The minimum absolute atomic E-state index is 0.141. The number of hydrogen-bond acceptors (Lipinski definition) is 4. The molecule has 2 heterocycles. The maximum Gasteiger partial charge on any atom is 0.226 e. The Morgan fingerprint density at radius 1 is 1.12 bits per heavy atom. The lowest BCUT2D eigenvalue weighted by atomic mass is 9.98. The zero-order valence-corrected chi connectivity index (χ0v) is 13.8. The summed E-state index contributed by atoms with van der Waals surface area (Å²) in [6.07, 6.45) is 3.27. The number of nitrogens with zero attached hydrogens (tertiary/aromatic N) is 1. The summed E-state index contributed by atoms with van der Waals surface area (Å²) in [5.41, 5.74) is 7.40. The summed E-state index contributed by atoms with van der Waals surface area (Å²) in [7, 11) is 0. The zero-order chi connectivity index (χ0) is 16.3.